The summed E-state index contributed by atoms with van der Waals surface area (Å²) < 4.78 is 10.6. The SMILES string of the molecule is COc1ccc(C(C)NC(=O)Cc2ccc3cc[nH]c3c2)cc1OC. The van der Waals surface area contributed by atoms with Gasteiger partial charge in [0, 0.05) is 11.7 Å². The van der Waals surface area contributed by atoms with Gasteiger partial charge in [0.05, 0.1) is 26.7 Å². The Bertz CT molecular complexity index is 886. The molecule has 2 aromatic carbocycles. The minimum Gasteiger partial charge on any atom is -0.493 e. The van der Waals surface area contributed by atoms with Crippen molar-refractivity contribution >= 4 is 16.8 Å². The number of amides is 1. The molecule has 3 aromatic rings. The highest BCUT2D eigenvalue weighted by Crippen LogP contribution is 2.29. The quantitative estimate of drug-likeness (QED) is 0.722. The minimum absolute atomic E-state index is 0.0202. The van der Waals surface area contributed by atoms with Gasteiger partial charge in [0.1, 0.15) is 0 Å². The number of hydrogen-bond donors (Lipinski definition) is 2. The van der Waals surface area contributed by atoms with Gasteiger partial charge in [0.2, 0.25) is 5.91 Å². The van der Waals surface area contributed by atoms with Gasteiger partial charge in [-0.2, -0.15) is 0 Å². The van der Waals surface area contributed by atoms with Gasteiger partial charge in [0.15, 0.2) is 11.5 Å². The number of benzene rings is 2. The normalized spacial score (nSPS) is 12.0. The van der Waals surface area contributed by atoms with Crippen LogP contribution in [0.25, 0.3) is 10.9 Å². The van der Waals surface area contributed by atoms with Gasteiger partial charge >= 0.3 is 0 Å². The molecule has 5 nitrogen and oxygen atoms in total. The number of carbonyl (C=O) groups excluding carboxylic acids is 1. The number of rotatable bonds is 6. The molecule has 0 saturated carbocycles. The fourth-order valence-electron chi connectivity index (χ4n) is 2.89. The van der Waals surface area contributed by atoms with Gasteiger partial charge in [-0.1, -0.05) is 18.2 Å². The summed E-state index contributed by atoms with van der Waals surface area (Å²) in [6.45, 7) is 1.95. The van der Waals surface area contributed by atoms with Crippen LogP contribution in [0.15, 0.2) is 48.7 Å². The molecule has 0 radical (unpaired) electrons. The number of ether oxygens (including phenoxy) is 2. The number of hydrogen-bond acceptors (Lipinski definition) is 3. The lowest BCUT2D eigenvalue weighted by molar-refractivity contribution is -0.121. The zero-order chi connectivity index (χ0) is 17.8. The van der Waals surface area contributed by atoms with Crippen LogP contribution in [0, 0.1) is 0 Å². The third kappa shape index (κ3) is 3.76. The number of fused-ring (bicyclic) bond motifs is 1. The fraction of sp³-hybridized carbons (Fsp3) is 0.250. The average Bonchev–Trinajstić information content (AvgIpc) is 3.08. The molecule has 0 aliphatic carbocycles. The zero-order valence-electron chi connectivity index (χ0n) is 14.6. The third-order valence-electron chi connectivity index (χ3n) is 4.27. The van der Waals surface area contributed by atoms with Crippen molar-refractivity contribution in [3.63, 3.8) is 0 Å². The van der Waals surface area contributed by atoms with E-state index in [1.807, 2.05) is 55.6 Å². The first kappa shape index (κ1) is 16.9. The van der Waals surface area contributed by atoms with Crippen molar-refractivity contribution in [3.8, 4) is 11.5 Å². The Morgan fingerprint density at radius 3 is 2.64 bits per heavy atom. The van der Waals surface area contributed by atoms with E-state index in [4.69, 9.17) is 9.47 Å². The predicted octanol–water partition coefficient (Wildman–Crippen LogP) is 3.61. The molecule has 5 heteroatoms. The Morgan fingerprint density at radius 1 is 1.08 bits per heavy atom. The van der Waals surface area contributed by atoms with Crippen molar-refractivity contribution in [2.75, 3.05) is 14.2 Å². The van der Waals surface area contributed by atoms with Crippen LogP contribution in [0.1, 0.15) is 24.1 Å². The van der Waals surface area contributed by atoms with Gasteiger partial charge in [-0.25, -0.2) is 0 Å². The largest absolute Gasteiger partial charge is 0.493 e. The van der Waals surface area contributed by atoms with Crippen molar-refractivity contribution in [1.82, 2.24) is 10.3 Å². The molecule has 130 valence electrons. The van der Waals surface area contributed by atoms with Gasteiger partial charge in [-0.15, -0.1) is 0 Å². The molecule has 0 spiro atoms. The van der Waals surface area contributed by atoms with E-state index in [0.29, 0.717) is 17.9 Å². The minimum atomic E-state index is -0.124. The van der Waals surface area contributed by atoms with Crippen molar-refractivity contribution in [3.05, 3.63) is 59.8 Å². The second-order valence-corrected chi connectivity index (χ2v) is 5.98. The maximum absolute atomic E-state index is 12.4. The third-order valence-corrected chi connectivity index (χ3v) is 4.27. The first-order valence-electron chi connectivity index (χ1n) is 8.18. The molecule has 0 aliphatic rings. The van der Waals surface area contributed by atoms with Crippen LogP contribution in [0.3, 0.4) is 0 Å². The molecule has 1 atom stereocenters. The molecule has 0 saturated heterocycles. The molecule has 0 bridgehead atoms. The van der Waals surface area contributed by atoms with E-state index >= 15 is 0 Å². The summed E-state index contributed by atoms with van der Waals surface area (Å²) in [4.78, 5) is 15.5. The first-order valence-corrected chi connectivity index (χ1v) is 8.18. The summed E-state index contributed by atoms with van der Waals surface area (Å²) in [6.07, 6.45) is 2.24. The summed E-state index contributed by atoms with van der Waals surface area (Å²) in [5.41, 5.74) is 2.98. The second-order valence-electron chi connectivity index (χ2n) is 5.98. The highest BCUT2D eigenvalue weighted by molar-refractivity contribution is 5.83. The monoisotopic (exact) mass is 338 g/mol. The summed E-state index contributed by atoms with van der Waals surface area (Å²) in [7, 11) is 3.20. The van der Waals surface area contributed by atoms with E-state index < -0.39 is 0 Å². The van der Waals surface area contributed by atoms with Crippen LogP contribution in [-0.2, 0) is 11.2 Å². The average molecular weight is 338 g/mol. The Kier molecular flexibility index (Phi) is 4.93. The lowest BCUT2D eigenvalue weighted by atomic mass is 10.1. The molecule has 0 aliphatic heterocycles. The Labute approximate surface area is 147 Å². The van der Waals surface area contributed by atoms with E-state index in [-0.39, 0.29) is 11.9 Å². The van der Waals surface area contributed by atoms with Gasteiger partial charge < -0.3 is 19.8 Å². The van der Waals surface area contributed by atoms with Crippen LogP contribution in [0.5, 0.6) is 11.5 Å². The molecule has 1 unspecified atom stereocenters. The lowest BCUT2D eigenvalue weighted by Gasteiger charge is -2.16. The number of aromatic amines is 1. The van der Waals surface area contributed by atoms with E-state index in [1.54, 1.807) is 14.2 Å². The molecule has 25 heavy (non-hydrogen) atoms. The standard InChI is InChI=1S/C20H22N2O3/c1-13(16-6-7-18(24-2)19(12-16)25-3)22-20(23)11-14-4-5-15-8-9-21-17(15)10-14/h4-10,12-13,21H,11H2,1-3H3,(H,22,23). The summed E-state index contributed by atoms with van der Waals surface area (Å²) in [5.74, 6) is 1.30. The lowest BCUT2D eigenvalue weighted by Crippen LogP contribution is -2.28. The van der Waals surface area contributed by atoms with Crippen molar-refractivity contribution in [2.45, 2.75) is 19.4 Å². The number of methoxy groups -OCH3 is 2. The zero-order valence-corrected chi connectivity index (χ0v) is 14.6. The summed E-state index contributed by atoms with van der Waals surface area (Å²) in [6, 6.07) is 13.6. The van der Waals surface area contributed by atoms with Crippen LogP contribution in [0.4, 0.5) is 0 Å². The first-order chi connectivity index (χ1) is 12.1. The van der Waals surface area contributed by atoms with E-state index in [1.165, 1.54) is 0 Å². The van der Waals surface area contributed by atoms with Crippen molar-refractivity contribution < 1.29 is 14.3 Å². The smallest absolute Gasteiger partial charge is 0.224 e. The van der Waals surface area contributed by atoms with Crippen LogP contribution < -0.4 is 14.8 Å². The molecule has 1 amide bonds. The maximum Gasteiger partial charge on any atom is 0.224 e. The molecule has 1 aromatic heterocycles. The number of nitrogens with one attached hydrogen (secondary N) is 2. The van der Waals surface area contributed by atoms with Crippen molar-refractivity contribution in [1.29, 1.82) is 0 Å². The highest BCUT2D eigenvalue weighted by Gasteiger charge is 2.13. The van der Waals surface area contributed by atoms with Crippen LogP contribution >= 0.6 is 0 Å². The number of H-pyrrole nitrogens is 1. The number of aromatic nitrogens is 1. The Hall–Kier alpha value is -2.95. The van der Waals surface area contributed by atoms with Crippen LogP contribution in [-0.4, -0.2) is 25.1 Å². The maximum atomic E-state index is 12.4. The Balaban J connectivity index is 1.67. The highest BCUT2D eigenvalue weighted by atomic mass is 16.5. The summed E-state index contributed by atoms with van der Waals surface area (Å²) in [5, 5.41) is 4.17. The van der Waals surface area contributed by atoms with Crippen molar-refractivity contribution in [2.24, 2.45) is 0 Å². The topological polar surface area (TPSA) is 63.3 Å². The second kappa shape index (κ2) is 7.30. The van der Waals surface area contributed by atoms with Gasteiger partial charge in [0.25, 0.3) is 0 Å². The van der Waals surface area contributed by atoms with E-state index in [0.717, 1.165) is 22.0 Å². The fourth-order valence-corrected chi connectivity index (χ4v) is 2.89. The molecule has 2 N–H and O–H groups in total. The Morgan fingerprint density at radius 2 is 1.88 bits per heavy atom. The van der Waals surface area contributed by atoms with Gasteiger partial charge in [-0.3, -0.25) is 4.79 Å². The van der Waals surface area contributed by atoms with E-state index in [9.17, 15) is 4.79 Å². The molecular weight excluding hydrogens is 316 g/mol. The predicted molar refractivity (Wildman–Crippen MR) is 98.1 cm³/mol. The van der Waals surface area contributed by atoms with Gasteiger partial charge in [-0.05, 0) is 47.7 Å². The number of carbonyl (C=O) groups is 1. The molecular formula is C20H22N2O3. The van der Waals surface area contributed by atoms with Crippen LogP contribution in [0.2, 0.25) is 0 Å². The molecule has 3 rings (SSSR count). The summed E-state index contributed by atoms with van der Waals surface area (Å²) >= 11 is 0. The molecule has 1 heterocycles. The van der Waals surface area contributed by atoms with E-state index in [2.05, 4.69) is 10.3 Å². The molecule has 0 fully saturated rings.